The molecule has 0 heterocycles. The van der Waals surface area contributed by atoms with E-state index in [4.69, 9.17) is 16.2 Å². The van der Waals surface area contributed by atoms with Gasteiger partial charge < -0.3 is 16.2 Å². The quantitative estimate of drug-likeness (QED) is 0.815. The van der Waals surface area contributed by atoms with Gasteiger partial charge in [-0.2, -0.15) is 0 Å². The molecule has 0 aromatic heterocycles. The second-order valence-corrected chi connectivity index (χ2v) is 5.18. The van der Waals surface area contributed by atoms with Crippen molar-refractivity contribution in [2.45, 2.75) is 32.6 Å². The van der Waals surface area contributed by atoms with E-state index in [0.29, 0.717) is 30.8 Å². The maximum Gasteiger partial charge on any atom is 0.122 e. The van der Waals surface area contributed by atoms with Crippen molar-refractivity contribution in [2.75, 3.05) is 20.2 Å². The summed E-state index contributed by atoms with van der Waals surface area (Å²) in [6.45, 7) is 7.79. The minimum atomic E-state index is 0.332. The van der Waals surface area contributed by atoms with Crippen molar-refractivity contribution in [3.8, 4) is 5.75 Å². The van der Waals surface area contributed by atoms with Crippen LogP contribution in [-0.4, -0.2) is 20.2 Å². The molecule has 3 heteroatoms. The molecule has 1 unspecified atom stereocenters. The van der Waals surface area contributed by atoms with Gasteiger partial charge in [-0.15, -0.1) is 0 Å². The summed E-state index contributed by atoms with van der Waals surface area (Å²) < 4.78 is 5.41. The van der Waals surface area contributed by atoms with Crippen LogP contribution in [-0.2, 0) is 0 Å². The second-order valence-electron chi connectivity index (χ2n) is 5.18. The fourth-order valence-electron chi connectivity index (χ4n) is 2.26. The molecule has 0 saturated heterocycles. The van der Waals surface area contributed by atoms with Crippen LogP contribution in [0.3, 0.4) is 0 Å². The lowest BCUT2D eigenvalue weighted by Gasteiger charge is -2.23. The summed E-state index contributed by atoms with van der Waals surface area (Å²) in [5, 5.41) is 0. The Morgan fingerprint density at radius 3 is 2.17 bits per heavy atom. The molecule has 102 valence electrons. The molecule has 0 spiro atoms. The first kappa shape index (κ1) is 15.0. The van der Waals surface area contributed by atoms with E-state index < -0.39 is 0 Å². The Labute approximate surface area is 111 Å². The number of ether oxygens (including phenoxy) is 1. The monoisotopic (exact) mass is 250 g/mol. The van der Waals surface area contributed by atoms with Crippen molar-refractivity contribution in [2.24, 2.45) is 17.4 Å². The number of benzene rings is 1. The van der Waals surface area contributed by atoms with Crippen molar-refractivity contribution in [3.63, 3.8) is 0 Å². The molecule has 1 rings (SSSR count). The average Bonchev–Trinajstić information content (AvgIpc) is 2.39. The van der Waals surface area contributed by atoms with Crippen molar-refractivity contribution in [1.29, 1.82) is 0 Å². The van der Waals surface area contributed by atoms with Gasteiger partial charge in [-0.05, 0) is 48.0 Å². The summed E-state index contributed by atoms with van der Waals surface area (Å²) in [6.07, 6.45) is 0. The molecule has 4 N–H and O–H groups in total. The van der Waals surface area contributed by atoms with Gasteiger partial charge in [0, 0.05) is 0 Å². The standard InChI is InChI=1S/C15H26N2O/c1-10(2)14-7-12(5-6-15(14)18-4)11(3)13(8-16)9-17/h5-7,10-11,13H,8-9,16-17H2,1-4H3. The zero-order chi connectivity index (χ0) is 13.7. The number of hydrogen-bond donors (Lipinski definition) is 2. The topological polar surface area (TPSA) is 61.3 Å². The minimum Gasteiger partial charge on any atom is -0.496 e. The van der Waals surface area contributed by atoms with Crippen LogP contribution in [0.1, 0.15) is 43.7 Å². The first-order chi connectivity index (χ1) is 8.54. The molecule has 1 atom stereocenters. The third-order valence-electron chi connectivity index (χ3n) is 3.71. The molecular weight excluding hydrogens is 224 g/mol. The zero-order valence-electron chi connectivity index (χ0n) is 11.9. The normalized spacial score (nSPS) is 13.1. The highest BCUT2D eigenvalue weighted by molar-refractivity contribution is 5.40. The number of methoxy groups -OCH3 is 1. The maximum atomic E-state index is 5.77. The summed E-state index contributed by atoms with van der Waals surface area (Å²) in [7, 11) is 1.72. The molecule has 1 aromatic carbocycles. The van der Waals surface area contributed by atoms with Crippen LogP contribution in [0.5, 0.6) is 5.75 Å². The van der Waals surface area contributed by atoms with E-state index in [9.17, 15) is 0 Å². The van der Waals surface area contributed by atoms with Gasteiger partial charge in [-0.25, -0.2) is 0 Å². The van der Waals surface area contributed by atoms with Crippen LogP contribution in [0.4, 0.5) is 0 Å². The lowest BCUT2D eigenvalue weighted by atomic mass is 9.85. The third kappa shape index (κ3) is 3.24. The van der Waals surface area contributed by atoms with E-state index >= 15 is 0 Å². The fraction of sp³-hybridized carbons (Fsp3) is 0.600. The second kappa shape index (κ2) is 6.76. The minimum absolute atomic E-state index is 0.332. The number of rotatable bonds is 6. The highest BCUT2D eigenvalue weighted by atomic mass is 16.5. The summed E-state index contributed by atoms with van der Waals surface area (Å²) in [5.41, 5.74) is 14.1. The molecule has 0 saturated carbocycles. The van der Waals surface area contributed by atoms with Gasteiger partial charge in [-0.3, -0.25) is 0 Å². The molecule has 0 aliphatic rings. The smallest absolute Gasteiger partial charge is 0.122 e. The molecule has 0 radical (unpaired) electrons. The molecule has 18 heavy (non-hydrogen) atoms. The van der Waals surface area contributed by atoms with Gasteiger partial charge in [0.2, 0.25) is 0 Å². The number of hydrogen-bond acceptors (Lipinski definition) is 3. The van der Waals surface area contributed by atoms with Crippen LogP contribution in [0, 0.1) is 5.92 Å². The Balaban J connectivity index is 3.07. The predicted octanol–water partition coefficient (Wildman–Crippen LogP) is 2.46. The Morgan fingerprint density at radius 2 is 1.72 bits per heavy atom. The average molecular weight is 250 g/mol. The van der Waals surface area contributed by atoms with Crippen molar-refractivity contribution < 1.29 is 4.74 Å². The molecule has 1 aromatic rings. The van der Waals surface area contributed by atoms with Gasteiger partial charge in [-0.1, -0.05) is 32.9 Å². The Kier molecular flexibility index (Phi) is 5.63. The van der Waals surface area contributed by atoms with Gasteiger partial charge in [0.25, 0.3) is 0 Å². The highest BCUT2D eigenvalue weighted by Crippen LogP contribution is 2.32. The summed E-state index contributed by atoms with van der Waals surface area (Å²) >= 11 is 0. The number of nitrogens with two attached hydrogens (primary N) is 2. The van der Waals surface area contributed by atoms with Crippen LogP contribution in [0.25, 0.3) is 0 Å². The van der Waals surface area contributed by atoms with E-state index in [2.05, 4.69) is 32.9 Å². The maximum absolute atomic E-state index is 5.77. The van der Waals surface area contributed by atoms with Crippen LogP contribution in [0.2, 0.25) is 0 Å². The first-order valence-electron chi connectivity index (χ1n) is 6.63. The van der Waals surface area contributed by atoms with Crippen LogP contribution >= 0.6 is 0 Å². The van der Waals surface area contributed by atoms with E-state index in [1.54, 1.807) is 7.11 Å². The predicted molar refractivity (Wildman–Crippen MR) is 77.1 cm³/mol. The fourth-order valence-corrected chi connectivity index (χ4v) is 2.26. The van der Waals surface area contributed by atoms with Gasteiger partial charge in [0.05, 0.1) is 7.11 Å². The van der Waals surface area contributed by atoms with Crippen LogP contribution in [0.15, 0.2) is 18.2 Å². The molecule has 0 bridgehead atoms. The molecule has 0 amide bonds. The van der Waals surface area contributed by atoms with Gasteiger partial charge in [0.15, 0.2) is 0 Å². The van der Waals surface area contributed by atoms with E-state index in [1.807, 2.05) is 6.07 Å². The Hall–Kier alpha value is -1.06. The van der Waals surface area contributed by atoms with Crippen molar-refractivity contribution >= 4 is 0 Å². The van der Waals surface area contributed by atoms with E-state index in [0.717, 1.165) is 5.75 Å². The largest absolute Gasteiger partial charge is 0.496 e. The lowest BCUT2D eigenvalue weighted by molar-refractivity contribution is 0.406. The lowest BCUT2D eigenvalue weighted by Crippen LogP contribution is -2.28. The van der Waals surface area contributed by atoms with Gasteiger partial charge >= 0.3 is 0 Å². The Bertz CT molecular complexity index is 373. The van der Waals surface area contributed by atoms with Crippen molar-refractivity contribution in [3.05, 3.63) is 29.3 Å². The van der Waals surface area contributed by atoms with E-state index in [1.165, 1.54) is 11.1 Å². The molecule has 3 nitrogen and oxygen atoms in total. The summed E-state index contributed by atoms with van der Waals surface area (Å²) in [4.78, 5) is 0. The summed E-state index contributed by atoms with van der Waals surface area (Å²) in [6, 6.07) is 6.39. The SMILES string of the molecule is COc1ccc(C(C)C(CN)CN)cc1C(C)C. The first-order valence-corrected chi connectivity index (χ1v) is 6.63. The Morgan fingerprint density at radius 1 is 1.11 bits per heavy atom. The summed E-state index contributed by atoms with van der Waals surface area (Å²) in [5.74, 6) is 2.11. The third-order valence-corrected chi connectivity index (χ3v) is 3.71. The van der Waals surface area contributed by atoms with Crippen LogP contribution < -0.4 is 16.2 Å². The molecule has 0 aliphatic carbocycles. The highest BCUT2D eigenvalue weighted by Gasteiger charge is 2.18. The molecule has 0 fully saturated rings. The molecular formula is C15H26N2O. The van der Waals surface area contributed by atoms with Crippen molar-refractivity contribution in [1.82, 2.24) is 0 Å². The van der Waals surface area contributed by atoms with Gasteiger partial charge in [0.1, 0.15) is 5.75 Å². The zero-order valence-corrected chi connectivity index (χ0v) is 11.9. The van der Waals surface area contributed by atoms with E-state index in [-0.39, 0.29) is 0 Å². The molecule has 0 aliphatic heterocycles.